The lowest BCUT2D eigenvalue weighted by Crippen LogP contribution is -2.52. The first kappa shape index (κ1) is 29.0. The summed E-state index contributed by atoms with van der Waals surface area (Å²) in [6.07, 6.45) is 1.27. The molecule has 0 heterocycles. The SMILES string of the molecule is CNC(=O)[C@@H](Cc1ccccc1)N(Cc1cccc(Cl)c1)C(=O)CN(c1cc(C)ccc1OC)S(C)(=O)=O. The van der Waals surface area contributed by atoms with Crippen molar-refractivity contribution in [2.75, 3.05) is 31.3 Å². The van der Waals surface area contributed by atoms with E-state index in [9.17, 15) is 18.0 Å². The standard InChI is InChI=1S/C28H32ClN3O5S/c1-20-13-14-26(37-3)24(15-20)32(38(4,35)36)19-27(33)31(18-22-11-8-12-23(29)16-22)25(28(34)30-2)17-21-9-6-5-7-10-21/h5-16,25H,17-19H2,1-4H3,(H,30,34)/t25-/m1/s1. The molecule has 1 N–H and O–H groups in total. The van der Waals surface area contributed by atoms with Crippen molar-refractivity contribution < 1.29 is 22.7 Å². The fourth-order valence-corrected chi connectivity index (χ4v) is 5.20. The number of carbonyl (C=O) groups is 2. The van der Waals surface area contributed by atoms with E-state index in [1.807, 2.05) is 37.3 Å². The topological polar surface area (TPSA) is 96.0 Å². The number of rotatable bonds is 11. The Balaban J connectivity index is 2.07. The van der Waals surface area contributed by atoms with Gasteiger partial charge in [-0.1, -0.05) is 60.1 Å². The number of sulfonamides is 1. The van der Waals surface area contributed by atoms with E-state index < -0.39 is 28.5 Å². The molecule has 3 rings (SSSR count). The molecule has 0 fully saturated rings. The first-order valence-corrected chi connectivity index (χ1v) is 14.2. The first-order chi connectivity index (χ1) is 18.0. The molecule has 0 aromatic heterocycles. The number of amides is 2. The summed E-state index contributed by atoms with van der Waals surface area (Å²) in [4.78, 5) is 28.5. The van der Waals surface area contributed by atoms with Gasteiger partial charge in [0.2, 0.25) is 21.8 Å². The molecule has 1 atom stereocenters. The van der Waals surface area contributed by atoms with Gasteiger partial charge in [-0.05, 0) is 47.9 Å². The summed E-state index contributed by atoms with van der Waals surface area (Å²) >= 11 is 6.20. The molecule has 0 aliphatic carbocycles. The van der Waals surface area contributed by atoms with Crippen molar-refractivity contribution in [1.82, 2.24) is 10.2 Å². The molecule has 202 valence electrons. The van der Waals surface area contributed by atoms with Gasteiger partial charge in [-0.25, -0.2) is 8.42 Å². The highest BCUT2D eigenvalue weighted by Crippen LogP contribution is 2.31. The van der Waals surface area contributed by atoms with Gasteiger partial charge in [0.1, 0.15) is 18.3 Å². The second-order valence-electron chi connectivity index (χ2n) is 8.92. The Morgan fingerprint density at radius 3 is 2.29 bits per heavy atom. The van der Waals surface area contributed by atoms with Gasteiger partial charge in [0.05, 0.1) is 19.1 Å². The first-order valence-electron chi connectivity index (χ1n) is 11.9. The maximum absolute atomic E-state index is 14.0. The summed E-state index contributed by atoms with van der Waals surface area (Å²) in [5.74, 6) is -0.617. The number of methoxy groups -OCH3 is 1. The molecule has 0 radical (unpaired) electrons. The number of likely N-dealkylation sites (N-methyl/N-ethyl adjacent to an activating group) is 1. The molecule has 0 bridgehead atoms. The van der Waals surface area contributed by atoms with Crippen molar-refractivity contribution >= 4 is 39.1 Å². The van der Waals surface area contributed by atoms with Crippen LogP contribution in [0, 0.1) is 6.92 Å². The fourth-order valence-electron chi connectivity index (χ4n) is 4.14. The molecule has 10 heteroatoms. The predicted octanol–water partition coefficient (Wildman–Crippen LogP) is 3.81. The highest BCUT2D eigenvalue weighted by Gasteiger charge is 2.33. The predicted molar refractivity (Wildman–Crippen MR) is 150 cm³/mol. The van der Waals surface area contributed by atoms with Gasteiger partial charge in [0, 0.05) is 25.0 Å². The van der Waals surface area contributed by atoms with Crippen LogP contribution in [0.3, 0.4) is 0 Å². The maximum Gasteiger partial charge on any atom is 0.244 e. The molecule has 38 heavy (non-hydrogen) atoms. The van der Waals surface area contributed by atoms with E-state index in [0.717, 1.165) is 21.7 Å². The van der Waals surface area contributed by atoms with Crippen molar-refractivity contribution in [3.05, 3.63) is 94.5 Å². The number of carbonyl (C=O) groups excluding carboxylic acids is 2. The molecule has 0 unspecified atom stereocenters. The number of hydrogen-bond acceptors (Lipinski definition) is 5. The average Bonchev–Trinajstić information content (AvgIpc) is 2.88. The zero-order valence-corrected chi connectivity index (χ0v) is 23.4. The summed E-state index contributed by atoms with van der Waals surface area (Å²) in [5, 5.41) is 3.13. The molecule has 3 aromatic carbocycles. The van der Waals surface area contributed by atoms with Gasteiger partial charge < -0.3 is 15.0 Å². The number of halogens is 1. The number of nitrogens with zero attached hydrogens (tertiary/aromatic N) is 2. The smallest absolute Gasteiger partial charge is 0.244 e. The van der Waals surface area contributed by atoms with Crippen molar-refractivity contribution in [2.24, 2.45) is 0 Å². The molecular weight excluding hydrogens is 526 g/mol. The number of nitrogens with one attached hydrogen (secondary N) is 1. The second-order valence-corrected chi connectivity index (χ2v) is 11.3. The molecule has 0 saturated heterocycles. The van der Waals surface area contributed by atoms with Crippen LogP contribution in [-0.4, -0.2) is 58.1 Å². The molecule has 0 saturated carbocycles. The van der Waals surface area contributed by atoms with E-state index in [1.54, 1.807) is 42.5 Å². The van der Waals surface area contributed by atoms with E-state index in [-0.39, 0.29) is 24.6 Å². The third kappa shape index (κ3) is 7.49. The van der Waals surface area contributed by atoms with E-state index in [1.165, 1.54) is 19.1 Å². The third-order valence-electron chi connectivity index (χ3n) is 6.04. The number of hydrogen-bond donors (Lipinski definition) is 1. The van der Waals surface area contributed by atoms with Gasteiger partial charge in [0.25, 0.3) is 0 Å². The molecule has 0 aliphatic rings. The second kappa shape index (κ2) is 12.8. The van der Waals surface area contributed by atoms with Gasteiger partial charge in [-0.3, -0.25) is 13.9 Å². The van der Waals surface area contributed by atoms with Crippen LogP contribution in [-0.2, 0) is 32.6 Å². The molecular formula is C28H32ClN3O5S. The lowest BCUT2D eigenvalue weighted by Gasteiger charge is -2.33. The maximum atomic E-state index is 14.0. The minimum Gasteiger partial charge on any atom is -0.495 e. The molecule has 0 aliphatic heterocycles. The Bertz CT molecular complexity index is 1380. The summed E-state index contributed by atoms with van der Waals surface area (Å²) in [6, 6.07) is 20.5. The van der Waals surface area contributed by atoms with Crippen LogP contribution in [0.5, 0.6) is 5.75 Å². The van der Waals surface area contributed by atoms with Crippen molar-refractivity contribution in [2.45, 2.75) is 25.9 Å². The van der Waals surface area contributed by atoms with Crippen LogP contribution < -0.4 is 14.4 Å². The largest absolute Gasteiger partial charge is 0.495 e. The molecule has 2 amide bonds. The van der Waals surface area contributed by atoms with Crippen molar-refractivity contribution in [3.63, 3.8) is 0 Å². The average molecular weight is 558 g/mol. The monoisotopic (exact) mass is 557 g/mol. The highest BCUT2D eigenvalue weighted by atomic mass is 35.5. The van der Waals surface area contributed by atoms with Gasteiger partial charge in [-0.2, -0.15) is 0 Å². The van der Waals surface area contributed by atoms with Crippen LogP contribution >= 0.6 is 11.6 Å². The summed E-state index contributed by atoms with van der Waals surface area (Å²) in [5.41, 5.74) is 2.59. The molecule has 3 aromatic rings. The van der Waals surface area contributed by atoms with Gasteiger partial charge in [-0.15, -0.1) is 0 Å². The van der Waals surface area contributed by atoms with Crippen molar-refractivity contribution in [1.29, 1.82) is 0 Å². The van der Waals surface area contributed by atoms with Crippen LogP contribution in [0.15, 0.2) is 72.8 Å². The lowest BCUT2D eigenvalue weighted by atomic mass is 10.0. The number of aryl methyl sites for hydroxylation is 1. The Morgan fingerprint density at radius 2 is 1.68 bits per heavy atom. The van der Waals surface area contributed by atoms with Crippen LogP contribution in [0.25, 0.3) is 0 Å². The number of anilines is 1. The van der Waals surface area contributed by atoms with E-state index >= 15 is 0 Å². The van der Waals surface area contributed by atoms with E-state index in [4.69, 9.17) is 16.3 Å². The third-order valence-corrected chi connectivity index (χ3v) is 7.40. The van der Waals surface area contributed by atoms with Crippen molar-refractivity contribution in [3.8, 4) is 5.75 Å². The minimum atomic E-state index is -3.90. The lowest BCUT2D eigenvalue weighted by molar-refractivity contribution is -0.139. The molecule has 0 spiro atoms. The Morgan fingerprint density at radius 1 is 1.00 bits per heavy atom. The highest BCUT2D eigenvalue weighted by molar-refractivity contribution is 7.92. The van der Waals surface area contributed by atoms with Crippen LogP contribution in [0.4, 0.5) is 5.69 Å². The minimum absolute atomic E-state index is 0.0485. The Kier molecular flexibility index (Phi) is 9.77. The summed E-state index contributed by atoms with van der Waals surface area (Å²) < 4.78 is 32.3. The summed E-state index contributed by atoms with van der Waals surface area (Å²) in [7, 11) is -0.965. The zero-order chi connectivity index (χ0) is 27.9. The number of benzene rings is 3. The quantitative estimate of drug-likeness (QED) is 0.387. The van der Waals surface area contributed by atoms with Gasteiger partial charge in [0.15, 0.2) is 0 Å². The number of ether oxygens (including phenoxy) is 1. The zero-order valence-electron chi connectivity index (χ0n) is 21.8. The normalized spacial score (nSPS) is 11.9. The van der Waals surface area contributed by atoms with Crippen LogP contribution in [0.2, 0.25) is 5.02 Å². The van der Waals surface area contributed by atoms with E-state index in [0.29, 0.717) is 16.3 Å². The van der Waals surface area contributed by atoms with Gasteiger partial charge >= 0.3 is 0 Å². The summed E-state index contributed by atoms with van der Waals surface area (Å²) in [6.45, 7) is 1.34. The Labute approximate surface area is 229 Å². The molecule has 8 nitrogen and oxygen atoms in total. The Hall–Kier alpha value is -3.56. The fraction of sp³-hybridized carbons (Fsp3) is 0.286. The van der Waals surface area contributed by atoms with Crippen LogP contribution in [0.1, 0.15) is 16.7 Å². The van der Waals surface area contributed by atoms with E-state index in [2.05, 4.69) is 5.32 Å².